The number of nitrogens with one attached hydrogen (secondary N) is 3. The highest BCUT2D eigenvalue weighted by molar-refractivity contribution is 5.95. The first-order valence-electron chi connectivity index (χ1n) is 11.2. The number of nitrogens with two attached hydrogens (primary N) is 3. The molecule has 13 heteroatoms. The van der Waals surface area contributed by atoms with Gasteiger partial charge in [-0.05, 0) is 18.3 Å². The predicted octanol–water partition coefficient (Wildman–Crippen LogP) is -1.91. The zero-order valence-corrected chi connectivity index (χ0v) is 20.1. The fraction of sp³-hybridized carbons (Fsp3) is 0.714. The number of carbonyl (C=O) groups excluding carboxylic acids is 5. The van der Waals surface area contributed by atoms with Crippen LogP contribution in [0.15, 0.2) is 0 Å². The maximum Gasteiger partial charge on any atom is 0.326 e. The van der Waals surface area contributed by atoms with Gasteiger partial charge in [0.2, 0.25) is 29.5 Å². The van der Waals surface area contributed by atoms with E-state index in [9.17, 15) is 33.9 Å². The number of carboxylic acids is 1. The van der Waals surface area contributed by atoms with Crippen LogP contribution in [-0.4, -0.2) is 64.8 Å². The number of amides is 5. The number of carbonyl (C=O) groups is 6. The van der Waals surface area contributed by atoms with E-state index in [1.54, 1.807) is 27.7 Å². The standard InChI is InChI=1S/C21H38N6O7/c1-5-10(3)16(20(32)27-17(21(33)34)11(4)6-2)26-19(31)13(7-8-14(23)28)25-18(30)12(22)9-15(24)29/h10-13,16-17H,5-9,22H2,1-4H3,(H2,23,28)(H2,24,29)(H,25,30)(H,26,31)(H,27,32)(H,33,34). The first kappa shape index (κ1) is 30.8. The van der Waals surface area contributed by atoms with Crippen LogP contribution in [-0.2, 0) is 28.8 Å². The van der Waals surface area contributed by atoms with Crippen LogP contribution in [0.4, 0.5) is 0 Å². The monoisotopic (exact) mass is 486 g/mol. The minimum Gasteiger partial charge on any atom is -0.480 e. The van der Waals surface area contributed by atoms with E-state index in [0.717, 1.165) is 0 Å². The molecule has 0 aromatic heterocycles. The van der Waals surface area contributed by atoms with Crippen LogP contribution < -0.4 is 33.2 Å². The molecule has 0 aliphatic rings. The average Bonchev–Trinajstić information content (AvgIpc) is 2.75. The Bertz CT molecular complexity index is 760. The Morgan fingerprint density at radius 2 is 1.26 bits per heavy atom. The third-order valence-electron chi connectivity index (χ3n) is 5.64. The van der Waals surface area contributed by atoms with Crippen molar-refractivity contribution in [2.24, 2.45) is 29.0 Å². The van der Waals surface area contributed by atoms with Gasteiger partial charge >= 0.3 is 5.97 Å². The van der Waals surface area contributed by atoms with Crippen molar-refractivity contribution >= 4 is 35.5 Å². The van der Waals surface area contributed by atoms with Gasteiger partial charge in [-0.3, -0.25) is 24.0 Å². The van der Waals surface area contributed by atoms with Crippen molar-refractivity contribution in [1.29, 1.82) is 0 Å². The summed E-state index contributed by atoms with van der Waals surface area (Å²) in [5.41, 5.74) is 15.8. The third kappa shape index (κ3) is 10.6. The second kappa shape index (κ2) is 14.8. The van der Waals surface area contributed by atoms with Gasteiger partial charge in [0.25, 0.3) is 0 Å². The van der Waals surface area contributed by atoms with Crippen molar-refractivity contribution in [2.75, 3.05) is 0 Å². The fourth-order valence-corrected chi connectivity index (χ4v) is 3.03. The Labute approximate surface area is 198 Å². The highest BCUT2D eigenvalue weighted by Crippen LogP contribution is 2.13. The second-order valence-corrected chi connectivity index (χ2v) is 8.42. The summed E-state index contributed by atoms with van der Waals surface area (Å²) in [6, 6.07) is -4.88. The number of rotatable bonds is 16. The number of carboxylic acid groups (broad SMARTS) is 1. The van der Waals surface area contributed by atoms with Crippen LogP contribution in [0, 0.1) is 11.8 Å². The molecular weight excluding hydrogens is 448 g/mol. The van der Waals surface area contributed by atoms with Gasteiger partial charge in [-0.15, -0.1) is 0 Å². The molecular formula is C21H38N6O7. The summed E-state index contributed by atoms with van der Waals surface area (Å²) in [7, 11) is 0. The Hall–Kier alpha value is -3.22. The third-order valence-corrected chi connectivity index (χ3v) is 5.64. The lowest BCUT2D eigenvalue weighted by Gasteiger charge is -2.29. The number of primary amides is 2. The molecule has 0 radical (unpaired) electrons. The summed E-state index contributed by atoms with van der Waals surface area (Å²) >= 11 is 0. The predicted molar refractivity (Wildman–Crippen MR) is 123 cm³/mol. The summed E-state index contributed by atoms with van der Waals surface area (Å²) in [5, 5.41) is 16.8. The van der Waals surface area contributed by atoms with Crippen molar-refractivity contribution in [3.05, 3.63) is 0 Å². The first-order valence-corrected chi connectivity index (χ1v) is 11.2. The van der Waals surface area contributed by atoms with E-state index in [4.69, 9.17) is 17.2 Å². The van der Waals surface area contributed by atoms with Crippen LogP contribution in [0.25, 0.3) is 0 Å². The van der Waals surface area contributed by atoms with Crippen LogP contribution in [0.2, 0.25) is 0 Å². The molecule has 34 heavy (non-hydrogen) atoms. The molecule has 13 nitrogen and oxygen atoms in total. The lowest BCUT2D eigenvalue weighted by Crippen LogP contribution is -2.59. The quantitative estimate of drug-likeness (QED) is 0.129. The van der Waals surface area contributed by atoms with Gasteiger partial charge in [0.05, 0.1) is 12.5 Å². The Balaban J connectivity index is 5.68. The van der Waals surface area contributed by atoms with Crippen LogP contribution in [0.3, 0.4) is 0 Å². The number of hydrogen-bond acceptors (Lipinski definition) is 7. The first-order chi connectivity index (χ1) is 15.7. The van der Waals surface area contributed by atoms with Crippen molar-refractivity contribution in [3.8, 4) is 0 Å². The molecule has 0 spiro atoms. The van der Waals surface area contributed by atoms with E-state index < -0.39 is 66.1 Å². The lowest BCUT2D eigenvalue weighted by molar-refractivity contribution is -0.144. The topological polar surface area (TPSA) is 237 Å². The van der Waals surface area contributed by atoms with E-state index in [1.807, 2.05) is 0 Å². The van der Waals surface area contributed by atoms with Gasteiger partial charge in [0.15, 0.2) is 0 Å². The van der Waals surface area contributed by atoms with Crippen molar-refractivity contribution in [3.63, 3.8) is 0 Å². The molecule has 0 heterocycles. The van der Waals surface area contributed by atoms with Gasteiger partial charge in [-0.25, -0.2) is 4.79 Å². The lowest BCUT2D eigenvalue weighted by atomic mass is 9.95. The minimum atomic E-state index is -1.32. The van der Waals surface area contributed by atoms with E-state index in [0.29, 0.717) is 12.8 Å². The van der Waals surface area contributed by atoms with Crippen molar-refractivity contribution < 1.29 is 33.9 Å². The van der Waals surface area contributed by atoms with Crippen LogP contribution in [0.1, 0.15) is 59.8 Å². The van der Waals surface area contributed by atoms with Gasteiger partial charge < -0.3 is 38.3 Å². The number of aliphatic carboxylic acids is 1. The zero-order valence-electron chi connectivity index (χ0n) is 20.1. The Morgan fingerprint density at radius 3 is 1.71 bits per heavy atom. The normalized spacial score (nSPS) is 16.1. The van der Waals surface area contributed by atoms with E-state index in [2.05, 4.69) is 16.0 Å². The molecule has 0 aromatic rings. The van der Waals surface area contributed by atoms with Gasteiger partial charge in [-0.2, -0.15) is 0 Å². The molecule has 0 rings (SSSR count). The Kier molecular flexibility index (Phi) is 13.4. The molecule has 0 aliphatic heterocycles. The maximum atomic E-state index is 13.0. The molecule has 0 bridgehead atoms. The average molecular weight is 487 g/mol. The summed E-state index contributed by atoms with van der Waals surface area (Å²) < 4.78 is 0. The molecule has 10 N–H and O–H groups in total. The highest BCUT2D eigenvalue weighted by atomic mass is 16.4. The summed E-state index contributed by atoms with van der Waals surface area (Å²) in [6.45, 7) is 6.95. The van der Waals surface area contributed by atoms with E-state index in [-0.39, 0.29) is 24.7 Å². The number of hydrogen-bond donors (Lipinski definition) is 7. The van der Waals surface area contributed by atoms with Crippen molar-refractivity contribution in [1.82, 2.24) is 16.0 Å². The Morgan fingerprint density at radius 1 is 0.765 bits per heavy atom. The van der Waals surface area contributed by atoms with E-state index in [1.165, 1.54) is 0 Å². The summed E-state index contributed by atoms with van der Waals surface area (Å²) in [6.07, 6.45) is 0.0834. The van der Waals surface area contributed by atoms with Gasteiger partial charge in [-0.1, -0.05) is 40.5 Å². The summed E-state index contributed by atoms with van der Waals surface area (Å²) in [4.78, 5) is 72.0. The van der Waals surface area contributed by atoms with Gasteiger partial charge in [0.1, 0.15) is 18.1 Å². The maximum absolute atomic E-state index is 13.0. The van der Waals surface area contributed by atoms with Crippen LogP contribution in [0.5, 0.6) is 0 Å². The molecule has 0 aromatic carbocycles. The molecule has 0 saturated heterocycles. The van der Waals surface area contributed by atoms with Gasteiger partial charge in [0, 0.05) is 6.42 Å². The smallest absolute Gasteiger partial charge is 0.326 e. The van der Waals surface area contributed by atoms with Crippen LogP contribution >= 0.6 is 0 Å². The minimum absolute atomic E-state index is 0.185. The second-order valence-electron chi connectivity index (χ2n) is 8.42. The molecule has 6 unspecified atom stereocenters. The summed E-state index contributed by atoms with van der Waals surface area (Å²) in [5.74, 6) is -5.82. The molecule has 6 atom stereocenters. The molecule has 0 saturated carbocycles. The fourth-order valence-electron chi connectivity index (χ4n) is 3.03. The molecule has 0 aliphatic carbocycles. The molecule has 5 amide bonds. The SMILES string of the molecule is CCC(C)C(NC(=O)C(NC(=O)C(CCC(N)=O)NC(=O)C(N)CC(N)=O)C(C)CC)C(=O)O. The highest BCUT2D eigenvalue weighted by Gasteiger charge is 2.34. The van der Waals surface area contributed by atoms with E-state index >= 15 is 0 Å². The molecule has 0 fully saturated rings. The molecule has 194 valence electrons. The zero-order chi connectivity index (χ0) is 26.6. The van der Waals surface area contributed by atoms with Crippen molar-refractivity contribution in [2.45, 2.75) is 84.0 Å². The largest absolute Gasteiger partial charge is 0.480 e.